The maximum absolute atomic E-state index is 12.0. The van der Waals surface area contributed by atoms with E-state index in [9.17, 15) is 8.42 Å². The predicted octanol–water partition coefficient (Wildman–Crippen LogP) is 0.554. The number of hydrogen-bond acceptors (Lipinski definition) is 3. The summed E-state index contributed by atoms with van der Waals surface area (Å²) in [6.07, 6.45) is 5.44. The molecule has 1 N–H and O–H groups in total. The Morgan fingerprint density at radius 2 is 1.80 bits per heavy atom. The summed E-state index contributed by atoms with van der Waals surface area (Å²) in [5.41, 5.74) is 0. The zero-order chi connectivity index (χ0) is 10.7. The van der Waals surface area contributed by atoms with E-state index in [1.54, 1.807) is 4.31 Å². The van der Waals surface area contributed by atoms with Gasteiger partial charge in [0.2, 0.25) is 10.0 Å². The van der Waals surface area contributed by atoms with Crippen molar-refractivity contribution in [2.24, 2.45) is 0 Å². The average Bonchev–Trinajstić information content (AvgIpc) is 2.66. The molecule has 2 aliphatic rings. The second-order valence-electron chi connectivity index (χ2n) is 4.47. The van der Waals surface area contributed by atoms with Crippen LogP contribution < -0.4 is 5.32 Å². The number of hydrogen-bond donors (Lipinski definition) is 1. The Kier molecular flexibility index (Phi) is 3.64. The highest BCUT2D eigenvalue weighted by molar-refractivity contribution is 7.89. The van der Waals surface area contributed by atoms with E-state index in [-0.39, 0.29) is 5.75 Å². The minimum absolute atomic E-state index is 0.267. The topological polar surface area (TPSA) is 49.4 Å². The van der Waals surface area contributed by atoms with E-state index in [2.05, 4.69) is 5.32 Å². The highest BCUT2D eigenvalue weighted by Gasteiger charge is 2.31. The number of sulfonamides is 1. The van der Waals surface area contributed by atoms with Gasteiger partial charge in [0.1, 0.15) is 0 Å². The van der Waals surface area contributed by atoms with Gasteiger partial charge >= 0.3 is 0 Å². The molecule has 1 heterocycles. The predicted molar refractivity (Wildman–Crippen MR) is 60.2 cm³/mol. The molecule has 4 nitrogen and oxygen atoms in total. The molecule has 15 heavy (non-hydrogen) atoms. The minimum Gasteiger partial charge on any atom is -0.316 e. The summed E-state index contributed by atoms with van der Waals surface area (Å²) in [5.74, 6) is 0.267. The van der Waals surface area contributed by atoms with Gasteiger partial charge in [0, 0.05) is 19.1 Å². The first-order valence-electron chi connectivity index (χ1n) is 5.90. The molecular formula is C10H20N2O2S. The van der Waals surface area contributed by atoms with E-state index < -0.39 is 10.0 Å². The summed E-state index contributed by atoms with van der Waals surface area (Å²) in [7, 11) is -3.00. The summed E-state index contributed by atoms with van der Waals surface area (Å²) in [4.78, 5) is 0. The minimum atomic E-state index is -3.00. The zero-order valence-corrected chi connectivity index (χ0v) is 9.93. The second kappa shape index (κ2) is 4.80. The van der Waals surface area contributed by atoms with E-state index >= 15 is 0 Å². The van der Waals surface area contributed by atoms with Crippen molar-refractivity contribution in [3.05, 3.63) is 0 Å². The number of nitrogens with zero attached hydrogens (tertiary/aromatic N) is 1. The van der Waals surface area contributed by atoms with Gasteiger partial charge in [0.05, 0.1) is 5.75 Å². The first-order chi connectivity index (χ1) is 7.20. The highest BCUT2D eigenvalue weighted by atomic mass is 32.2. The summed E-state index contributed by atoms with van der Waals surface area (Å²) in [6, 6.07) is 0.299. The van der Waals surface area contributed by atoms with E-state index in [4.69, 9.17) is 0 Å². The van der Waals surface area contributed by atoms with Gasteiger partial charge in [-0.25, -0.2) is 8.42 Å². The van der Waals surface area contributed by atoms with E-state index in [0.29, 0.717) is 19.1 Å². The van der Waals surface area contributed by atoms with Gasteiger partial charge < -0.3 is 5.32 Å². The molecule has 0 aromatic rings. The summed E-state index contributed by atoms with van der Waals surface area (Å²) < 4.78 is 25.8. The van der Waals surface area contributed by atoms with Crippen LogP contribution in [0.5, 0.6) is 0 Å². The molecule has 1 aliphatic heterocycles. The van der Waals surface area contributed by atoms with E-state index in [1.807, 2.05) is 0 Å². The Balaban J connectivity index is 2.09. The van der Waals surface area contributed by atoms with Crippen molar-refractivity contribution in [1.29, 1.82) is 0 Å². The molecule has 2 rings (SSSR count). The zero-order valence-electron chi connectivity index (χ0n) is 9.11. The Hall–Kier alpha value is -0.130. The van der Waals surface area contributed by atoms with Crippen LogP contribution in [-0.2, 0) is 10.0 Å². The fraction of sp³-hybridized carbons (Fsp3) is 1.00. The number of nitrogens with one attached hydrogen (secondary N) is 1. The molecule has 0 amide bonds. The molecule has 5 heteroatoms. The summed E-state index contributed by atoms with van der Waals surface area (Å²) in [6.45, 7) is 2.25. The van der Waals surface area contributed by atoms with Crippen LogP contribution in [0.4, 0.5) is 0 Å². The first-order valence-corrected chi connectivity index (χ1v) is 7.51. The van der Waals surface area contributed by atoms with Crippen LogP contribution in [0.15, 0.2) is 0 Å². The third-order valence-electron chi connectivity index (χ3n) is 3.36. The first kappa shape index (κ1) is 11.4. The van der Waals surface area contributed by atoms with Crippen molar-refractivity contribution in [1.82, 2.24) is 9.62 Å². The molecule has 0 spiro atoms. The van der Waals surface area contributed by atoms with Gasteiger partial charge in [-0.05, 0) is 25.8 Å². The standard InChI is InChI=1S/C10H20N2O2S/c13-15(14)9-7-11-6-3-8-12(15)10-4-1-2-5-10/h10-11H,1-9H2. The molecule has 1 aliphatic carbocycles. The van der Waals surface area contributed by atoms with Gasteiger partial charge in [-0.15, -0.1) is 0 Å². The van der Waals surface area contributed by atoms with E-state index in [1.165, 1.54) is 12.8 Å². The lowest BCUT2D eigenvalue weighted by atomic mass is 10.2. The molecule has 1 saturated carbocycles. The molecule has 0 unspecified atom stereocenters. The Morgan fingerprint density at radius 3 is 2.53 bits per heavy atom. The average molecular weight is 232 g/mol. The molecule has 0 aromatic carbocycles. The lowest BCUT2D eigenvalue weighted by molar-refractivity contribution is 0.312. The molecule has 2 fully saturated rings. The maximum Gasteiger partial charge on any atom is 0.215 e. The molecule has 0 bridgehead atoms. The van der Waals surface area contributed by atoms with Crippen molar-refractivity contribution in [2.75, 3.05) is 25.4 Å². The van der Waals surface area contributed by atoms with Crippen LogP contribution >= 0.6 is 0 Å². The normalized spacial score (nSPS) is 29.9. The third kappa shape index (κ3) is 2.71. The van der Waals surface area contributed by atoms with Crippen LogP contribution in [0.3, 0.4) is 0 Å². The van der Waals surface area contributed by atoms with Crippen LogP contribution in [0.1, 0.15) is 32.1 Å². The largest absolute Gasteiger partial charge is 0.316 e. The lowest BCUT2D eigenvalue weighted by Gasteiger charge is -2.29. The van der Waals surface area contributed by atoms with Gasteiger partial charge in [-0.2, -0.15) is 4.31 Å². The molecule has 0 aromatic heterocycles. The molecular weight excluding hydrogens is 212 g/mol. The SMILES string of the molecule is O=S1(=O)CCNCCCN1C1CCCC1. The van der Waals surface area contributed by atoms with Crippen molar-refractivity contribution in [3.63, 3.8) is 0 Å². The third-order valence-corrected chi connectivity index (χ3v) is 5.27. The van der Waals surface area contributed by atoms with Gasteiger partial charge in [0.15, 0.2) is 0 Å². The Bertz CT molecular complexity index is 297. The van der Waals surface area contributed by atoms with Crippen LogP contribution in [0.25, 0.3) is 0 Å². The van der Waals surface area contributed by atoms with Crippen molar-refractivity contribution in [3.8, 4) is 0 Å². The van der Waals surface area contributed by atoms with Crippen molar-refractivity contribution in [2.45, 2.75) is 38.1 Å². The second-order valence-corrected chi connectivity index (χ2v) is 6.51. The lowest BCUT2D eigenvalue weighted by Crippen LogP contribution is -2.45. The summed E-state index contributed by atoms with van der Waals surface area (Å²) in [5, 5.41) is 3.15. The van der Waals surface area contributed by atoms with Crippen molar-refractivity contribution >= 4 is 10.0 Å². The summed E-state index contributed by atoms with van der Waals surface area (Å²) >= 11 is 0. The highest BCUT2D eigenvalue weighted by Crippen LogP contribution is 2.26. The smallest absolute Gasteiger partial charge is 0.215 e. The van der Waals surface area contributed by atoms with Crippen LogP contribution in [0.2, 0.25) is 0 Å². The van der Waals surface area contributed by atoms with Crippen molar-refractivity contribution < 1.29 is 8.42 Å². The van der Waals surface area contributed by atoms with Gasteiger partial charge in [-0.1, -0.05) is 12.8 Å². The Morgan fingerprint density at radius 1 is 1.07 bits per heavy atom. The molecule has 0 atom stereocenters. The molecule has 0 radical (unpaired) electrons. The molecule has 88 valence electrons. The van der Waals surface area contributed by atoms with Gasteiger partial charge in [-0.3, -0.25) is 0 Å². The quantitative estimate of drug-likeness (QED) is 0.718. The van der Waals surface area contributed by atoms with Crippen LogP contribution in [0, 0.1) is 0 Å². The maximum atomic E-state index is 12.0. The fourth-order valence-corrected chi connectivity index (χ4v) is 4.25. The van der Waals surface area contributed by atoms with Crippen LogP contribution in [-0.4, -0.2) is 44.2 Å². The fourth-order valence-electron chi connectivity index (χ4n) is 2.54. The molecule has 1 saturated heterocycles. The van der Waals surface area contributed by atoms with Gasteiger partial charge in [0.25, 0.3) is 0 Å². The monoisotopic (exact) mass is 232 g/mol. The number of rotatable bonds is 1. The Labute approximate surface area is 92.1 Å². The van der Waals surface area contributed by atoms with E-state index in [0.717, 1.165) is 25.8 Å².